The van der Waals surface area contributed by atoms with E-state index in [-0.39, 0.29) is 11.9 Å². The number of ether oxygens (including phenoxy) is 2. The van der Waals surface area contributed by atoms with Crippen LogP contribution in [-0.4, -0.2) is 24.6 Å². The Kier molecular flexibility index (Phi) is 3.82. The molecule has 2 rings (SSSR count). The van der Waals surface area contributed by atoms with Gasteiger partial charge in [-0.25, -0.2) is 4.79 Å². The lowest BCUT2D eigenvalue weighted by molar-refractivity contribution is -0.115. The van der Waals surface area contributed by atoms with Crippen molar-refractivity contribution in [1.82, 2.24) is 0 Å². The minimum absolute atomic E-state index is 0.149. The first kappa shape index (κ1) is 12.1. The van der Waals surface area contributed by atoms with E-state index in [4.69, 9.17) is 9.47 Å². The van der Waals surface area contributed by atoms with E-state index in [2.05, 4.69) is 0 Å². The van der Waals surface area contributed by atoms with Crippen molar-refractivity contribution >= 4 is 11.9 Å². The average Bonchev–Trinajstić information content (AvgIpc) is 2.30. The van der Waals surface area contributed by atoms with Crippen molar-refractivity contribution in [1.29, 1.82) is 0 Å². The second-order valence-corrected chi connectivity index (χ2v) is 4.57. The Morgan fingerprint density at radius 1 is 1.41 bits per heavy atom. The number of hydrogen-bond donors (Lipinski definition) is 0. The van der Waals surface area contributed by atoms with Gasteiger partial charge in [-0.3, -0.25) is 4.79 Å². The highest BCUT2D eigenvalue weighted by molar-refractivity contribution is 5.91. The summed E-state index contributed by atoms with van der Waals surface area (Å²) in [5, 5.41) is 0. The van der Waals surface area contributed by atoms with E-state index < -0.39 is 6.16 Å². The van der Waals surface area contributed by atoms with Crippen LogP contribution in [0.15, 0.2) is 11.6 Å². The molecule has 0 unspecified atom stereocenters. The lowest BCUT2D eigenvalue weighted by Gasteiger charge is -2.33. The molecular formula is C13H18O4. The summed E-state index contributed by atoms with van der Waals surface area (Å²) in [4.78, 5) is 22.7. The first-order valence-electron chi connectivity index (χ1n) is 6.28. The monoisotopic (exact) mass is 238 g/mol. The molecule has 4 heteroatoms. The summed E-state index contributed by atoms with van der Waals surface area (Å²) in [6, 6.07) is 0. The van der Waals surface area contributed by atoms with Crippen LogP contribution in [0.25, 0.3) is 0 Å². The topological polar surface area (TPSA) is 52.6 Å². The third kappa shape index (κ3) is 2.87. The van der Waals surface area contributed by atoms with Crippen LogP contribution in [0.4, 0.5) is 4.79 Å². The molecule has 0 amide bonds. The van der Waals surface area contributed by atoms with Gasteiger partial charge in [-0.1, -0.05) is 0 Å². The predicted molar refractivity (Wildman–Crippen MR) is 61.6 cm³/mol. The van der Waals surface area contributed by atoms with Crippen molar-refractivity contribution in [2.45, 2.75) is 45.1 Å². The van der Waals surface area contributed by atoms with E-state index in [9.17, 15) is 9.59 Å². The molecule has 17 heavy (non-hydrogen) atoms. The Hall–Kier alpha value is -1.32. The fourth-order valence-corrected chi connectivity index (χ4v) is 2.64. The number of ketones is 1. The maximum absolute atomic E-state index is 11.4. The van der Waals surface area contributed by atoms with Gasteiger partial charge in [0.2, 0.25) is 0 Å². The molecule has 0 heterocycles. The molecular weight excluding hydrogens is 220 g/mol. The second-order valence-electron chi connectivity index (χ2n) is 4.57. The molecule has 0 N–H and O–H groups in total. The van der Waals surface area contributed by atoms with Gasteiger partial charge in [0.05, 0.1) is 6.61 Å². The van der Waals surface area contributed by atoms with Crippen LogP contribution in [-0.2, 0) is 14.3 Å². The molecule has 2 atom stereocenters. The van der Waals surface area contributed by atoms with E-state index in [0.717, 1.165) is 31.3 Å². The maximum atomic E-state index is 11.4. The zero-order chi connectivity index (χ0) is 12.3. The molecule has 0 aromatic rings. The highest BCUT2D eigenvalue weighted by Crippen LogP contribution is 2.37. The molecule has 0 radical (unpaired) electrons. The van der Waals surface area contributed by atoms with Crippen molar-refractivity contribution in [2.75, 3.05) is 6.61 Å². The van der Waals surface area contributed by atoms with Gasteiger partial charge >= 0.3 is 6.16 Å². The summed E-state index contributed by atoms with van der Waals surface area (Å²) >= 11 is 0. The highest BCUT2D eigenvalue weighted by Gasteiger charge is 2.33. The molecule has 94 valence electrons. The minimum Gasteiger partial charge on any atom is -0.435 e. The first-order valence-corrected chi connectivity index (χ1v) is 6.28. The SMILES string of the molecule is CCOC(=O)O[C@@H]1CCC[C@@H]2CCC(=O)C=C21. The highest BCUT2D eigenvalue weighted by atomic mass is 16.7. The number of hydrogen-bond acceptors (Lipinski definition) is 4. The fourth-order valence-electron chi connectivity index (χ4n) is 2.64. The van der Waals surface area contributed by atoms with E-state index in [0.29, 0.717) is 18.9 Å². The largest absolute Gasteiger partial charge is 0.508 e. The minimum atomic E-state index is -0.628. The smallest absolute Gasteiger partial charge is 0.435 e. The molecule has 0 aliphatic heterocycles. The van der Waals surface area contributed by atoms with E-state index >= 15 is 0 Å². The third-order valence-corrected chi connectivity index (χ3v) is 3.43. The Bertz CT molecular complexity index is 345. The summed E-state index contributed by atoms with van der Waals surface area (Å²) < 4.78 is 10.0. The van der Waals surface area contributed by atoms with Crippen molar-refractivity contribution in [3.05, 3.63) is 11.6 Å². The van der Waals surface area contributed by atoms with Gasteiger partial charge in [-0.2, -0.15) is 0 Å². The number of carbonyl (C=O) groups is 2. The van der Waals surface area contributed by atoms with Gasteiger partial charge in [0.1, 0.15) is 6.10 Å². The van der Waals surface area contributed by atoms with Crippen LogP contribution >= 0.6 is 0 Å². The molecule has 0 spiro atoms. The van der Waals surface area contributed by atoms with Crippen molar-refractivity contribution in [2.24, 2.45) is 5.92 Å². The van der Waals surface area contributed by atoms with E-state index in [1.54, 1.807) is 13.0 Å². The van der Waals surface area contributed by atoms with Gasteiger partial charge in [-0.15, -0.1) is 0 Å². The van der Waals surface area contributed by atoms with Crippen LogP contribution < -0.4 is 0 Å². The molecule has 1 saturated carbocycles. The number of allylic oxidation sites excluding steroid dienone is 1. The fraction of sp³-hybridized carbons (Fsp3) is 0.692. The van der Waals surface area contributed by atoms with Gasteiger partial charge in [0.25, 0.3) is 0 Å². The molecule has 1 fully saturated rings. The van der Waals surface area contributed by atoms with E-state index in [1.807, 2.05) is 0 Å². The standard InChI is InChI=1S/C13H18O4/c1-2-16-13(15)17-12-5-3-4-9-6-7-10(14)8-11(9)12/h8-9,12H,2-7H2,1H3/t9-,12-/m1/s1. The molecule has 2 aliphatic carbocycles. The summed E-state index contributed by atoms with van der Waals surface area (Å²) in [5.41, 5.74) is 1.00. The molecule has 0 bridgehead atoms. The molecule has 0 aromatic heterocycles. The van der Waals surface area contributed by atoms with Crippen LogP contribution in [0.2, 0.25) is 0 Å². The van der Waals surface area contributed by atoms with E-state index in [1.165, 1.54) is 0 Å². The molecule has 0 aromatic carbocycles. The Labute approximate surface area is 101 Å². The summed E-state index contributed by atoms with van der Waals surface area (Å²) in [6.07, 6.45) is 5.26. The average molecular weight is 238 g/mol. The Balaban J connectivity index is 2.05. The van der Waals surface area contributed by atoms with Gasteiger partial charge in [0.15, 0.2) is 5.78 Å². The van der Waals surface area contributed by atoms with Crippen molar-refractivity contribution in [3.63, 3.8) is 0 Å². The molecule has 4 nitrogen and oxygen atoms in total. The number of carbonyl (C=O) groups excluding carboxylic acids is 2. The van der Waals surface area contributed by atoms with Gasteiger partial charge in [0, 0.05) is 6.42 Å². The lowest BCUT2D eigenvalue weighted by Crippen LogP contribution is -2.31. The van der Waals surface area contributed by atoms with Crippen LogP contribution in [0.1, 0.15) is 39.0 Å². The normalized spacial score (nSPS) is 28.1. The van der Waals surface area contributed by atoms with Gasteiger partial charge < -0.3 is 9.47 Å². The predicted octanol–water partition coefficient (Wildman–Crippen LogP) is 2.62. The molecule has 0 saturated heterocycles. The zero-order valence-electron chi connectivity index (χ0n) is 10.1. The summed E-state index contributed by atoms with van der Waals surface area (Å²) in [7, 11) is 0. The van der Waals surface area contributed by atoms with Crippen LogP contribution in [0, 0.1) is 5.92 Å². The summed E-state index contributed by atoms with van der Waals surface area (Å²) in [5.74, 6) is 0.566. The lowest BCUT2D eigenvalue weighted by atomic mass is 9.76. The zero-order valence-corrected chi connectivity index (χ0v) is 10.1. The first-order chi connectivity index (χ1) is 8.20. The van der Waals surface area contributed by atoms with Crippen molar-refractivity contribution in [3.8, 4) is 0 Å². The number of rotatable bonds is 2. The van der Waals surface area contributed by atoms with Gasteiger partial charge in [-0.05, 0) is 50.2 Å². The quantitative estimate of drug-likeness (QED) is 0.694. The third-order valence-electron chi connectivity index (χ3n) is 3.43. The Morgan fingerprint density at radius 2 is 2.24 bits per heavy atom. The van der Waals surface area contributed by atoms with Crippen LogP contribution in [0.3, 0.4) is 0 Å². The second kappa shape index (κ2) is 5.34. The van der Waals surface area contributed by atoms with Crippen LogP contribution in [0.5, 0.6) is 0 Å². The molecule has 2 aliphatic rings. The Morgan fingerprint density at radius 3 is 3.00 bits per heavy atom. The number of fused-ring (bicyclic) bond motifs is 1. The van der Waals surface area contributed by atoms with Crippen molar-refractivity contribution < 1.29 is 19.1 Å². The maximum Gasteiger partial charge on any atom is 0.508 e. The summed E-state index contributed by atoms with van der Waals surface area (Å²) in [6.45, 7) is 2.06.